The maximum atomic E-state index is 16.2. The van der Waals surface area contributed by atoms with Crippen LogP contribution in [0.5, 0.6) is 5.75 Å². The van der Waals surface area contributed by atoms with E-state index < -0.39 is 31.6 Å². The molecule has 2 aliphatic rings. The molecule has 2 aromatic carbocycles. The average Bonchev–Trinajstić information content (AvgIpc) is 3.66. The van der Waals surface area contributed by atoms with Gasteiger partial charge < -0.3 is 23.6 Å². The van der Waals surface area contributed by atoms with Crippen LogP contribution in [0.25, 0.3) is 5.69 Å². The van der Waals surface area contributed by atoms with Gasteiger partial charge in [0.1, 0.15) is 0 Å². The van der Waals surface area contributed by atoms with Crippen LogP contribution >= 0.6 is 11.6 Å². The Labute approximate surface area is 272 Å². The number of amides is 1. The number of halogens is 2. The number of methoxy groups -OCH3 is 1. The third-order valence-corrected chi connectivity index (χ3v) is 11.9. The Morgan fingerprint density at radius 3 is 2.61 bits per heavy atom. The SMILES string of the molecule is COc1cccn(-c2ccc(CN3C(=O)[C@@]4(O[C@@H](CCn5cc(CCO)nn5)[C@H]([Si](C)(C)F)[C@H]4C)c4cc(Cl)ccc43)cc2)c1=O. The van der Waals surface area contributed by atoms with Crippen LogP contribution in [0.15, 0.2) is 71.8 Å². The van der Waals surface area contributed by atoms with Gasteiger partial charge in [-0.25, -0.2) is 0 Å². The number of aryl methyl sites for hydroxylation is 1. The van der Waals surface area contributed by atoms with Crippen molar-refractivity contribution >= 4 is 31.6 Å². The standard InChI is InChI=1S/C33H37ClFN5O5Si/c1-21-30(46(3,4)35)28(13-16-38-20-24(14-17-41)36-37-38)45-33(21)26-18-23(34)9-12-27(26)40(32(33)43)19-22-7-10-25(11-8-22)39-15-5-6-29(44-2)31(39)42/h5-12,15,18,20-21,28,30,41H,13-14,16-17,19H2,1-4H3/t21-,28+,30-,33+/m1/s1. The number of aliphatic hydroxyl groups excluding tert-OH is 1. The van der Waals surface area contributed by atoms with E-state index in [1.165, 1.54) is 11.7 Å². The van der Waals surface area contributed by atoms with Crippen molar-refractivity contribution < 1.29 is 23.5 Å². The van der Waals surface area contributed by atoms with Crippen molar-refractivity contribution in [1.82, 2.24) is 19.6 Å². The number of aromatic nitrogens is 4. The lowest BCUT2D eigenvalue weighted by Gasteiger charge is -2.31. The third-order valence-electron chi connectivity index (χ3n) is 9.21. The smallest absolute Gasteiger partial charge is 0.297 e. The van der Waals surface area contributed by atoms with Gasteiger partial charge >= 0.3 is 0 Å². The second-order valence-electron chi connectivity index (χ2n) is 12.5. The molecule has 4 aromatic rings. The quantitative estimate of drug-likeness (QED) is 0.187. The molecule has 4 atom stereocenters. The number of anilines is 1. The minimum absolute atomic E-state index is 0.0266. The van der Waals surface area contributed by atoms with Crippen molar-refractivity contribution in [2.24, 2.45) is 5.92 Å². The van der Waals surface area contributed by atoms with E-state index in [4.69, 9.17) is 21.1 Å². The first-order valence-electron chi connectivity index (χ1n) is 15.3. The molecule has 1 spiro atoms. The van der Waals surface area contributed by atoms with E-state index in [0.29, 0.717) is 47.0 Å². The highest BCUT2D eigenvalue weighted by Gasteiger charge is 2.66. The van der Waals surface area contributed by atoms with Gasteiger partial charge in [-0.05, 0) is 67.5 Å². The number of rotatable bonds is 10. The van der Waals surface area contributed by atoms with Crippen LogP contribution in [0.1, 0.15) is 30.2 Å². The van der Waals surface area contributed by atoms with E-state index in [0.717, 1.165) is 5.56 Å². The molecule has 10 nitrogen and oxygen atoms in total. The van der Waals surface area contributed by atoms with Crippen molar-refractivity contribution in [2.75, 3.05) is 18.6 Å². The Morgan fingerprint density at radius 1 is 1.15 bits per heavy atom. The van der Waals surface area contributed by atoms with Crippen molar-refractivity contribution in [2.45, 2.75) is 63.2 Å². The first-order valence-corrected chi connectivity index (χ1v) is 18.6. The van der Waals surface area contributed by atoms with Crippen molar-refractivity contribution in [3.8, 4) is 11.4 Å². The van der Waals surface area contributed by atoms with E-state index in [1.807, 2.05) is 37.3 Å². The summed E-state index contributed by atoms with van der Waals surface area (Å²) in [6.07, 6.45) is 3.74. The average molecular weight is 666 g/mol. The predicted molar refractivity (Wildman–Crippen MR) is 175 cm³/mol. The van der Waals surface area contributed by atoms with Gasteiger partial charge in [-0.2, -0.15) is 0 Å². The van der Waals surface area contributed by atoms with Gasteiger partial charge in [0.05, 0.1) is 31.1 Å². The van der Waals surface area contributed by atoms with Crippen LogP contribution in [0.2, 0.25) is 23.7 Å². The fourth-order valence-corrected chi connectivity index (χ4v) is 9.87. The van der Waals surface area contributed by atoms with Crippen LogP contribution in [-0.2, 0) is 34.6 Å². The Morgan fingerprint density at radius 2 is 1.91 bits per heavy atom. The summed E-state index contributed by atoms with van der Waals surface area (Å²) in [5.41, 5.74) is 1.36. The number of pyridine rings is 1. The summed E-state index contributed by atoms with van der Waals surface area (Å²) in [6.45, 7) is 5.90. The van der Waals surface area contributed by atoms with Crippen molar-refractivity contribution in [3.05, 3.63) is 99.2 Å². The minimum Gasteiger partial charge on any atom is -0.491 e. The number of hydrogen-bond donors (Lipinski definition) is 1. The molecule has 0 saturated carbocycles. The van der Waals surface area contributed by atoms with Crippen LogP contribution in [-0.4, -0.2) is 58.8 Å². The Kier molecular flexibility index (Phi) is 8.66. The minimum atomic E-state index is -3.34. The molecule has 46 heavy (non-hydrogen) atoms. The number of carbonyl (C=O) groups is 1. The molecular weight excluding hydrogens is 629 g/mol. The van der Waals surface area contributed by atoms with Crippen LogP contribution < -0.4 is 15.2 Å². The summed E-state index contributed by atoms with van der Waals surface area (Å²) < 4.78 is 31.3. The Bertz CT molecular complexity index is 1810. The molecule has 1 amide bonds. The summed E-state index contributed by atoms with van der Waals surface area (Å²) >= 11 is 6.51. The second kappa shape index (κ2) is 12.4. The molecule has 6 rings (SSSR count). The zero-order valence-electron chi connectivity index (χ0n) is 26.2. The molecule has 4 heterocycles. The summed E-state index contributed by atoms with van der Waals surface area (Å²) in [6, 6.07) is 16.1. The first-order chi connectivity index (χ1) is 22.0. The molecule has 0 bridgehead atoms. The van der Waals surface area contributed by atoms with Gasteiger partial charge in [0, 0.05) is 59.7 Å². The monoisotopic (exact) mass is 665 g/mol. The summed E-state index contributed by atoms with van der Waals surface area (Å²) in [5, 5.41) is 17.9. The van der Waals surface area contributed by atoms with E-state index in [9.17, 15) is 14.7 Å². The number of benzene rings is 2. The lowest BCUT2D eigenvalue weighted by molar-refractivity contribution is -0.146. The summed E-state index contributed by atoms with van der Waals surface area (Å²) in [4.78, 5) is 29.1. The topological polar surface area (TPSA) is 112 Å². The molecule has 13 heteroatoms. The highest BCUT2D eigenvalue weighted by atomic mass is 35.5. The van der Waals surface area contributed by atoms with E-state index in [2.05, 4.69) is 10.3 Å². The number of ether oxygens (including phenoxy) is 2. The van der Waals surface area contributed by atoms with Crippen LogP contribution in [0, 0.1) is 5.92 Å². The summed E-state index contributed by atoms with van der Waals surface area (Å²) in [5.74, 6) is -0.464. The molecule has 0 unspecified atom stereocenters. The number of hydrogen-bond acceptors (Lipinski definition) is 7. The zero-order valence-corrected chi connectivity index (χ0v) is 27.9. The number of nitrogens with zero attached hydrogens (tertiary/aromatic N) is 5. The molecule has 2 aromatic heterocycles. The van der Waals surface area contributed by atoms with Gasteiger partial charge in [0.15, 0.2) is 11.4 Å². The van der Waals surface area contributed by atoms with Crippen molar-refractivity contribution in [3.63, 3.8) is 0 Å². The highest BCUT2D eigenvalue weighted by Crippen LogP contribution is 2.60. The van der Waals surface area contributed by atoms with Gasteiger partial charge in [0.25, 0.3) is 11.5 Å². The van der Waals surface area contributed by atoms with E-state index in [-0.39, 0.29) is 30.4 Å². The van der Waals surface area contributed by atoms with Crippen LogP contribution in [0.4, 0.5) is 9.80 Å². The fraction of sp³-hybridized carbons (Fsp3) is 0.394. The van der Waals surface area contributed by atoms with Gasteiger partial charge in [-0.15, -0.1) is 5.10 Å². The van der Waals surface area contributed by atoms with Gasteiger partial charge in [0.2, 0.25) is 8.41 Å². The molecule has 1 saturated heterocycles. The van der Waals surface area contributed by atoms with E-state index in [1.54, 1.807) is 59.3 Å². The molecule has 1 fully saturated rings. The molecule has 1 N–H and O–H groups in total. The largest absolute Gasteiger partial charge is 0.491 e. The van der Waals surface area contributed by atoms with Gasteiger partial charge in [-0.1, -0.05) is 35.9 Å². The zero-order chi connectivity index (χ0) is 32.8. The number of aliphatic hydroxyl groups is 1. The van der Waals surface area contributed by atoms with Gasteiger partial charge in [-0.3, -0.25) is 18.8 Å². The Hall–Kier alpha value is -3.84. The Balaban J connectivity index is 1.31. The third kappa shape index (κ3) is 5.57. The molecule has 2 aliphatic heterocycles. The lowest BCUT2D eigenvalue weighted by Crippen LogP contribution is -2.45. The molecule has 0 aliphatic carbocycles. The summed E-state index contributed by atoms with van der Waals surface area (Å²) in [7, 11) is -1.89. The molecule has 242 valence electrons. The van der Waals surface area contributed by atoms with Crippen LogP contribution in [0.3, 0.4) is 0 Å². The molecule has 0 radical (unpaired) electrons. The second-order valence-corrected chi connectivity index (χ2v) is 16.7. The molecular formula is C33H37ClFN5O5Si. The number of fused-ring (bicyclic) bond motifs is 2. The van der Waals surface area contributed by atoms with E-state index >= 15 is 4.11 Å². The fourth-order valence-electron chi connectivity index (χ4n) is 7.16. The number of carbonyl (C=O) groups excluding carboxylic acids is 1. The maximum absolute atomic E-state index is 16.2. The highest BCUT2D eigenvalue weighted by molar-refractivity contribution is 6.72. The first kappa shape index (κ1) is 32.1. The lowest BCUT2D eigenvalue weighted by atomic mass is 9.82. The predicted octanol–water partition coefficient (Wildman–Crippen LogP) is 5.04. The van der Waals surface area contributed by atoms with Crippen molar-refractivity contribution in [1.29, 1.82) is 0 Å². The normalized spacial score (nSPS) is 22.5. The maximum Gasteiger partial charge on any atom is 0.297 e.